The second-order valence-corrected chi connectivity index (χ2v) is 17.9. The summed E-state index contributed by atoms with van der Waals surface area (Å²) in [5.41, 5.74) is 17.9. The Morgan fingerprint density at radius 1 is 0.294 bits per heavy atom. The number of hydrogen-bond donors (Lipinski definition) is 0. The quantitative estimate of drug-likeness (QED) is 0.162. The lowest BCUT2D eigenvalue weighted by Crippen LogP contribution is -1.95. The average Bonchev–Trinajstić information content (AvgIpc) is 3.72. The van der Waals surface area contributed by atoms with Crippen LogP contribution in [0.1, 0.15) is 5.56 Å². The summed E-state index contributed by atoms with van der Waals surface area (Å²) in [5, 5.41) is 21.3. The number of fused-ring (bicyclic) bond motifs is 8. The van der Waals surface area contributed by atoms with Gasteiger partial charge in [0.05, 0.1) is 34.1 Å². The molecule has 1 aliphatic rings. The molecule has 0 radical (unpaired) electrons. The molecule has 0 fully saturated rings. The SMILES string of the molecule is N#Cc1ccc2cc(-c3ccc4c(-c5ccc6ccccc6c5)c5ccccc5c(-c5ccc6c7c(cccc57)-c5nc7c(-c8ccccc8)ccc(-c8ccccc8)c7nc5-6)c4c3)ccc2c1. The molecule has 0 atom stereocenters. The Morgan fingerprint density at radius 3 is 1.53 bits per heavy atom. The molecule has 0 saturated heterocycles. The van der Waals surface area contributed by atoms with Gasteiger partial charge in [-0.1, -0.05) is 194 Å². The second kappa shape index (κ2) is 14.9. The first kappa shape index (κ1) is 38.1. The summed E-state index contributed by atoms with van der Waals surface area (Å²) in [6.07, 6.45) is 0. The molecule has 0 aliphatic heterocycles. The lowest BCUT2D eigenvalue weighted by molar-refractivity contribution is 1.32. The van der Waals surface area contributed by atoms with Crippen molar-refractivity contribution in [2.75, 3.05) is 0 Å². The van der Waals surface area contributed by atoms with Gasteiger partial charge in [0.15, 0.2) is 0 Å². The molecule has 1 aromatic heterocycles. The second-order valence-electron chi connectivity index (χ2n) is 17.9. The van der Waals surface area contributed by atoms with Crippen LogP contribution in [0, 0.1) is 11.3 Å². The minimum absolute atomic E-state index is 0.663. The van der Waals surface area contributed by atoms with Gasteiger partial charge in [-0.25, -0.2) is 9.97 Å². The van der Waals surface area contributed by atoms with E-state index in [1.807, 2.05) is 12.1 Å². The maximum Gasteiger partial charge on any atom is 0.0991 e. The predicted octanol–water partition coefficient (Wildman–Crippen LogP) is 17.2. The third-order valence-electron chi connectivity index (χ3n) is 14.2. The summed E-state index contributed by atoms with van der Waals surface area (Å²) in [6.45, 7) is 0. The van der Waals surface area contributed by atoms with E-state index in [1.165, 1.54) is 65.3 Å². The van der Waals surface area contributed by atoms with Crippen LogP contribution in [-0.4, -0.2) is 9.97 Å². The van der Waals surface area contributed by atoms with Crippen molar-refractivity contribution >= 4 is 64.9 Å². The van der Waals surface area contributed by atoms with Crippen LogP contribution < -0.4 is 0 Å². The zero-order valence-corrected chi connectivity index (χ0v) is 36.7. The highest BCUT2D eigenvalue weighted by molar-refractivity contribution is 6.27. The Labute approximate surface area is 392 Å². The third kappa shape index (κ3) is 5.78. The van der Waals surface area contributed by atoms with Crippen molar-refractivity contribution in [1.29, 1.82) is 5.26 Å². The molecule has 3 heteroatoms. The van der Waals surface area contributed by atoms with Crippen molar-refractivity contribution in [3.8, 4) is 84.2 Å². The third-order valence-corrected chi connectivity index (χ3v) is 14.2. The number of benzene rings is 12. The van der Waals surface area contributed by atoms with Gasteiger partial charge in [0.25, 0.3) is 0 Å². The monoisotopic (exact) mass is 859 g/mol. The number of aromatic nitrogens is 2. The first-order valence-corrected chi connectivity index (χ1v) is 23.1. The molecule has 14 rings (SSSR count). The van der Waals surface area contributed by atoms with Crippen molar-refractivity contribution < 1.29 is 0 Å². The van der Waals surface area contributed by atoms with Crippen LogP contribution >= 0.6 is 0 Å². The molecular weight excluding hydrogens is 823 g/mol. The predicted molar refractivity (Wildman–Crippen MR) is 283 cm³/mol. The highest BCUT2D eigenvalue weighted by Crippen LogP contribution is 2.52. The smallest absolute Gasteiger partial charge is 0.0991 e. The van der Waals surface area contributed by atoms with E-state index in [-0.39, 0.29) is 0 Å². The van der Waals surface area contributed by atoms with Crippen LogP contribution in [0.2, 0.25) is 0 Å². The van der Waals surface area contributed by atoms with E-state index >= 15 is 0 Å². The standard InChI is InChI=1S/C65H37N3/c66-38-39-22-23-45-35-46(26-25-44(45)34-39)47-28-29-55-58(37-47)60(52-19-10-9-18-51(52)59(55)48-27-24-40-12-7-8-17-43(40)36-48)54-32-33-57-61-53(54)20-11-21-56(61)64-65(57)68-63-50(42-15-5-2-6-16-42)31-30-49(62(63)67-64)41-13-3-1-4-14-41/h1-37H. The molecule has 68 heavy (non-hydrogen) atoms. The van der Waals surface area contributed by atoms with E-state index in [9.17, 15) is 5.26 Å². The first-order valence-electron chi connectivity index (χ1n) is 23.1. The highest BCUT2D eigenvalue weighted by atomic mass is 14.8. The van der Waals surface area contributed by atoms with Crippen LogP contribution in [-0.2, 0) is 0 Å². The molecule has 0 unspecified atom stereocenters. The average molecular weight is 860 g/mol. The molecule has 1 heterocycles. The van der Waals surface area contributed by atoms with Crippen molar-refractivity contribution in [3.05, 3.63) is 230 Å². The van der Waals surface area contributed by atoms with Gasteiger partial charge in [0.1, 0.15) is 0 Å². The normalized spacial score (nSPS) is 11.8. The highest BCUT2D eigenvalue weighted by Gasteiger charge is 2.29. The van der Waals surface area contributed by atoms with Gasteiger partial charge in [-0.05, 0) is 123 Å². The lowest BCUT2D eigenvalue weighted by Gasteiger charge is -2.20. The molecule has 0 saturated carbocycles. The van der Waals surface area contributed by atoms with Gasteiger partial charge in [0, 0.05) is 27.6 Å². The zero-order chi connectivity index (χ0) is 44.9. The van der Waals surface area contributed by atoms with Gasteiger partial charge in [0.2, 0.25) is 0 Å². The van der Waals surface area contributed by atoms with Crippen molar-refractivity contribution in [2.24, 2.45) is 0 Å². The Morgan fingerprint density at radius 2 is 0.794 bits per heavy atom. The van der Waals surface area contributed by atoms with E-state index < -0.39 is 0 Å². The molecule has 12 aromatic carbocycles. The molecule has 0 spiro atoms. The maximum atomic E-state index is 9.61. The van der Waals surface area contributed by atoms with E-state index in [0.717, 1.165) is 77.7 Å². The topological polar surface area (TPSA) is 49.6 Å². The number of rotatable bonds is 5. The number of nitriles is 1. The molecule has 13 aromatic rings. The van der Waals surface area contributed by atoms with Gasteiger partial charge < -0.3 is 0 Å². The van der Waals surface area contributed by atoms with Crippen LogP contribution in [0.4, 0.5) is 0 Å². The number of nitrogens with zero attached hydrogens (tertiary/aromatic N) is 3. The van der Waals surface area contributed by atoms with Gasteiger partial charge in [-0.3, -0.25) is 0 Å². The van der Waals surface area contributed by atoms with Crippen molar-refractivity contribution in [1.82, 2.24) is 9.97 Å². The molecule has 0 bridgehead atoms. The van der Waals surface area contributed by atoms with Crippen LogP contribution in [0.25, 0.3) is 143 Å². The summed E-state index contributed by atoms with van der Waals surface area (Å²) in [4.78, 5) is 11.3. The summed E-state index contributed by atoms with van der Waals surface area (Å²) in [6, 6.07) is 83.0. The maximum absolute atomic E-state index is 9.61. The molecule has 0 N–H and O–H groups in total. The fraction of sp³-hybridized carbons (Fsp3) is 0. The lowest BCUT2D eigenvalue weighted by atomic mass is 9.83. The molecule has 312 valence electrons. The van der Waals surface area contributed by atoms with Crippen LogP contribution in [0.3, 0.4) is 0 Å². The molecule has 1 aliphatic carbocycles. The Kier molecular flexibility index (Phi) is 8.35. The van der Waals surface area contributed by atoms with Crippen LogP contribution in [0.5, 0.6) is 0 Å². The Bertz CT molecular complexity index is 4220. The molecule has 3 nitrogen and oxygen atoms in total. The minimum atomic E-state index is 0.663. The molecule has 0 amide bonds. The summed E-state index contributed by atoms with van der Waals surface area (Å²) in [5.74, 6) is 0. The molecular formula is C65H37N3. The fourth-order valence-corrected chi connectivity index (χ4v) is 11.0. The number of hydrogen-bond acceptors (Lipinski definition) is 3. The summed E-state index contributed by atoms with van der Waals surface area (Å²) in [7, 11) is 0. The van der Waals surface area contributed by atoms with E-state index in [1.54, 1.807) is 0 Å². The van der Waals surface area contributed by atoms with E-state index in [4.69, 9.17) is 9.97 Å². The van der Waals surface area contributed by atoms with E-state index in [0.29, 0.717) is 5.56 Å². The fourth-order valence-electron chi connectivity index (χ4n) is 11.0. The van der Waals surface area contributed by atoms with E-state index in [2.05, 4.69) is 218 Å². The van der Waals surface area contributed by atoms with Crippen molar-refractivity contribution in [2.45, 2.75) is 0 Å². The van der Waals surface area contributed by atoms with Gasteiger partial charge in [-0.2, -0.15) is 5.26 Å². The Balaban J connectivity index is 1.04. The van der Waals surface area contributed by atoms with Gasteiger partial charge in [-0.15, -0.1) is 0 Å². The Hall–Kier alpha value is -9.23. The summed E-state index contributed by atoms with van der Waals surface area (Å²) < 4.78 is 0. The zero-order valence-electron chi connectivity index (χ0n) is 36.7. The summed E-state index contributed by atoms with van der Waals surface area (Å²) >= 11 is 0. The minimum Gasteiger partial charge on any atom is -0.243 e. The largest absolute Gasteiger partial charge is 0.243 e. The van der Waals surface area contributed by atoms with Crippen LogP contribution in [0.15, 0.2) is 224 Å². The van der Waals surface area contributed by atoms with Crippen molar-refractivity contribution in [3.63, 3.8) is 0 Å². The first-order chi connectivity index (χ1) is 33.7. The van der Waals surface area contributed by atoms with Gasteiger partial charge >= 0.3 is 0 Å².